The van der Waals surface area contributed by atoms with Crippen LogP contribution in [0.3, 0.4) is 0 Å². The number of hydrogen-bond donors (Lipinski definition) is 0. The van der Waals surface area contributed by atoms with Crippen LogP contribution in [0.4, 0.5) is 0 Å². The molecule has 2 rings (SSSR count). The van der Waals surface area contributed by atoms with E-state index in [1.165, 1.54) is 0 Å². The van der Waals surface area contributed by atoms with E-state index in [2.05, 4.69) is 9.97 Å². The summed E-state index contributed by atoms with van der Waals surface area (Å²) >= 11 is 17.6. The van der Waals surface area contributed by atoms with Gasteiger partial charge in [0.2, 0.25) is 0 Å². The van der Waals surface area contributed by atoms with E-state index in [9.17, 15) is 0 Å². The third-order valence-electron chi connectivity index (χ3n) is 1.60. The van der Waals surface area contributed by atoms with Crippen LogP contribution >= 0.6 is 34.8 Å². The third kappa shape index (κ3) is 1.46. The van der Waals surface area contributed by atoms with Crippen molar-refractivity contribution in [2.45, 2.75) is 0 Å². The molecule has 0 saturated carbocycles. The number of benzene rings is 1. The van der Waals surface area contributed by atoms with Gasteiger partial charge in [0.05, 0.1) is 15.1 Å². The summed E-state index contributed by atoms with van der Waals surface area (Å²) in [5.74, 6) is 0. The van der Waals surface area contributed by atoms with E-state index in [0.717, 1.165) is 0 Å². The molecule has 1 heterocycles. The molecule has 66 valence electrons. The van der Waals surface area contributed by atoms with Gasteiger partial charge in [-0.1, -0.05) is 34.8 Å². The summed E-state index contributed by atoms with van der Waals surface area (Å²) in [6.07, 6.45) is 3.10. The number of fused-ring (bicyclic) bond motifs is 1. The average molecular weight is 233 g/mol. The summed E-state index contributed by atoms with van der Waals surface area (Å²) in [4.78, 5) is 8.08. The third-order valence-corrected chi connectivity index (χ3v) is 2.66. The van der Waals surface area contributed by atoms with Crippen molar-refractivity contribution >= 4 is 45.8 Å². The van der Waals surface area contributed by atoms with Crippen molar-refractivity contribution in [3.8, 4) is 0 Å². The zero-order valence-corrected chi connectivity index (χ0v) is 8.53. The van der Waals surface area contributed by atoms with Crippen LogP contribution in [0.15, 0.2) is 18.5 Å². The predicted octanol–water partition coefficient (Wildman–Crippen LogP) is 3.59. The summed E-state index contributed by atoms with van der Waals surface area (Å²) in [6, 6.07) is 1.56. The Hall–Kier alpha value is -0.570. The predicted molar refractivity (Wildman–Crippen MR) is 54.6 cm³/mol. The number of rotatable bonds is 0. The van der Waals surface area contributed by atoms with Crippen LogP contribution in [0.5, 0.6) is 0 Å². The average Bonchev–Trinajstić information content (AvgIpc) is 2.15. The van der Waals surface area contributed by atoms with E-state index in [1.54, 1.807) is 18.5 Å². The highest BCUT2D eigenvalue weighted by molar-refractivity contribution is 6.47. The molecule has 2 nitrogen and oxygen atoms in total. The first-order valence-corrected chi connectivity index (χ1v) is 4.58. The SMILES string of the molecule is Clc1cc(Cl)c2nccnc2c1Cl. The van der Waals surface area contributed by atoms with Gasteiger partial charge in [-0.05, 0) is 6.07 Å². The fourth-order valence-corrected chi connectivity index (χ4v) is 1.72. The fourth-order valence-electron chi connectivity index (χ4n) is 1.03. The Kier molecular flexibility index (Phi) is 2.28. The first kappa shape index (κ1) is 9.00. The minimum Gasteiger partial charge on any atom is -0.251 e. The van der Waals surface area contributed by atoms with E-state index < -0.39 is 0 Å². The van der Waals surface area contributed by atoms with Crippen LogP contribution in [0.1, 0.15) is 0 Å². The van der Waals surface area contributed by atoms with Gasteiger partial charge in [0.25, 0.3) is 0 Å². The molecule has 1 aromatic carbocycles. The van der Waals surface area contributed by atoms with Gasteiger partial charge in [-0.3, -0.25) is 9.97 Å². The molecule has 0 spiro atoms. The maximum Gasteiger partial charge on any atom is 0.110 e. The second-order valence-corrected chi connectivity index (χ2v) is 3.60. The normalized spacial score (nSPS) is 10.7. The van der Waals surface area contributed by atoms with Gasteiger partial charge in [-0.25, -0.2) is 0 Å². The summed E-state index contributed by atoms with van der Waals surface area (Å²) in [5, 5.41) is 1.23. The largest absolute Gasteiger partial charge is 0.251 e. The van der Waals surface area contributed by atoms with Crippen molar-refractivity contribution < 1.29 is 0 Å². The molecule has 2 aromatic rings. The van der Waals surface area contributed by atoms with Crippen LogP contribution in [0, 0.1) is 0 Å². The van der Waals surface area contributed by atoms with Crippen LogP contribution < -0.4 is 0 Å². The number of aromatic nitrogens is 2. The maximum atomic E-state index is 5.90. The lowest BCUT2D eigenvalue weighted by molar-refractivity contribution is 1.29. The first-order chi connectivity index (χ1) is 6.20. The highest BCUT2D eigenvalue weighted by atomic mass is 35.5. The van der Waals surface area contributed by atoms with Crippen LogP contribution in [-0.2, 0) is 0 Å². The van der Waals surface area contributed by atoms with Crippen molar-refractivity contribution in [1.82, 2.24) is 9.97 Å². The lowest BCUT2D eigenvalue weighted by Gasteiger charge is -2.01. The molecular weight excluding hydrogens is 230 g/mol. The molecule has 1 aromatic heterocycles. The standard InChI is InChI=1S/C8H3Cl3N2/c9-4-3-5(10)7-8(6(4)11)13-2-1-12-7/h1-3H. The molecule has 13 heavy (non-hydrogen) atoms. The summed E-state index contributed by atoms with van der Waals surface area (Å²) in [6.45, 7) is 0. The molecule has 0 radical (unpaired) electrons. The van der Waals surface area contributed by atoms with Gasteiger partial charge >= 0.3 is 0 Å². The molecule has 0 aliphatic carbocycles. The Balaban J connectivity index is 2.97. The van der Waals surface area contributed by atoms with E-state index in [4.69, 9.17) is 34.8 Å². The van der Waals surface area contributed by atoms with Crippen molar-refractivity contribution in [3.63, 3.8) is 0 Å². The molecule has 0 unspecified atom stereocenters. The zero-order valence-electron chi connectivity index (χ0n) is 6.26. The van der Waals surface area contributed by atoms with E-state index >= 15 is 0 Å². The van der Waals surface area contributed by atoms with Crippen molar-refractivity contribution in [1.29, 1.82) is 0 Å². The van der Waals surface area contributed by atoms with Gasteiger partial charge in [0, 0.05) is 12.4 Å². The van der Waals surface area contributed by atoms with E-state index in [-0.39, 0.29) is 0 Å². The highest BCUT2D eigenvalue weighted by Gasteiger charge is 2.09. The van der Waals surface area contributed by atoms with E-state index in [1.807, 2.05) is 0 Å². The fraction of sp³-hybridized carbons (Fsp3) is 0. The zero-order chi connectivity index (χ0) is 9.42. The summed E-state index contributed by atoms with van der Waals surface area (Å²) in [5.41, 5.74) is 1.10. The van der Waals surface area contributed by atoms with Gasteiger partial charge in [-0.15, -0.1) is 0 Å². The van der Waals surface area contributed by atoms with Gasteiger partial charge in [0.15, 0.2) is 0 Å². The van der Waals surface area contributed by atoms with Gasteiger partial charge < -0.3 is 0 Å². The molecule has 0 aliphatic rings. The number of hydrogen-bond acceptors (Lipinski definition) is 2. The molecule has 0 fully saturated rings. The van der Waals surface area contributed by atoms with Crippen molar-refractivity contribution in [2.75, 3.05) is 0 Å². The monoisotopic (exact) mass is 232 g/mol. The van der Waals surface area contributed by atoms with Crippen molar-refractivity contribution in [3.05, 3.63) is 33.5 Å². The molecule has 0 N–H and O–H groups in total. The minimum atomic E-state index is 0.383. The number of nitrogens with zero attached hydrogens (tertiary/aromatic N) is 2. The Morgan fingerprint density at radius 2 is 1.46 bits per heavy atom. The summed E-state index contributed by atoms with van der Waals surface area (Å²) < 4.78 is 0. The first-order valence-electron chi connectivity index (χ1n) is 3.44. The van der Waals surface area contributed by atoms with Crippen LogP contribution in [0.25, 0.3) is 11.0 Å². The molecule has 0 amide bonds. The molecular formula is C8H3Cl3N2. The highest BCUT2D eigenvalue weighted by Crippen LogP contribution is 2.33. The van der Waals surface area contributed by atoms with Crippen LogP contribution in [0.2, 0.25) is 15.1 Å². The smallest absolute Gasteiger partial charge is 0.110 e. The lowest BCUT2D eigenvalue weighted by atomic mass is 10.3. The Morgan fingerprint density at radius 3 is 2.15 bits per heavy atom. The lowest BCUT2D eigenvalue weighted by Crippen LogP contribution is -1.85. The Labute approximate surface area is 89.5 Å². The van der Waals surface area contributed by atoms with Crippen molar-refractivity contribution in [2.24, 2.45) is 0 Å². The van der Waals surface area contributed by atoms with Gasteiger partial charge in [0.1, 0.15) is 11.0 Å². The Bertz CT molecular complexity index is 470. The topological polar surface area (TPSA) is 25.8 Å². The second kappa shape index (κ2) is 3.29. The quantitative estimate of drug-likeness (QED) is 0.650. The Morgan fingerprint density at radius 1 is 0.846 bits per heavy atom. The maximum absolute atomic E-state index is 5.90. The second-order valence-electron chi connectivity index (χ2n) is 2.41. The molecule has 5 heteroatoms. The van der Waals surface area contributed by atoms with Crippen LogP contribution in [-0.4, -0.2) is 9.97 Å². The molecule has 0 aliphatic heterocycles. The minimum absolute atomic E-state index is 0.383. The summed E-state index contributed by atoms with van der Waals surface area (Å²) in [7, 11) is 0. The molecule has 0 saturated heterocycles. The number of halogens is 3. The van der Waals surface area contributed by atoms with E-state index in [0.29, 0.717) is 26.1 Å². The molecule has 0 bridgehead atoms. The molecule has 0 atom stereocenters. The van der Waals surface area contributed by atoms with Gasteiger partial charge in [-0.2, -0.15) is 0 Å².